The molecule has 0 spiro atoms. The molecule has 0 atom stereocenters. The van der Waals surface area contributed by atoms with Gasteiger partial charge in [0.05, 0.1) is 23.8 Å². The molecule has 0 radical (unpaired) electrons. The van der Waals surface area contributed by atoms with E-state index >= 15 is 0 Å². The van der Waals surface area contributed by atoms with Gasteiger partial charge in [0.15, 0.2) is 11.6 Å². The first-order valence-corrected chi connectivity index (χ1v) is 18.6. The number of nitrogens with zero attached hydrogens (tertiary/aromatic N) is 4. The molecule has 0 aliphatic heterocycles. The second-order valence-electron chi connectivity index (χ2n) is 18.2. The molecule has 0 unspecified atom stereocenters. The molecule has 0 bridgehead atoms. The third-order valence-electron chi connectivity index (χ3n) is 9.48. The van der Waals surface area contributed by atoms with Gasteiger partial charge in [0.2, 0.25) is 0 Å². The van der Waals surface area contributed by atoms with Gasteiger partial charge in [0.1, 0.15) is 0 Å². The van der Waals surface area contributed by atoms with Crippen LogP contribution in [0.1, 0.15) is 83.1 Å². The van der Waals surface area contributed by atoms with Crippen LogP contribution < -0.4 is 0 Å². The summed E-state index contributed by atoms with van der Waals surface area (Å²) in [6.07, 6.45) is 11.2. The molecule has 2 aliphatic carbocycles. The molecule has 5 rings (SSSR count). The molecule has 0 amide bonds. The third-order valence-corrected chi connectivity index (χ3v) is 9.48. The molecule has 0 fully saturated rings. The van der Waals surface area contributed by atoms with Gasteiger partial charge in [-0.2, -0.15) is 20.5 Å². The summed E-state index contributed by atoms with van der Waals surface area (Å²) in [6.45, 7) is 24.7. The normalized spacial score (nSPS) is 16.1. The summed E-state index contributed by atoms with van der Waals surface area (Å²) < 4.78 is 0. The fraction of sp³-hybridized carbons (Fsp3) is 0.333. The molecule has 3 aromatic rings. The zero-order chi connectivity index (χ0) is 39.6. The number of hydrogen-bond donors (Lipinski definition) is 0. The highest BCUT2D eigenvalue weighted by Gasteiger charge is 2.35. The van der Waals surface area contributed by atoms with Crippen molar-refractivity contribution in [3.05, 3.63) is 143 Å². The van der Waals surface area contributed by atoms with E-state index in [0.29, 0.717) is 0 Å². The first-order chi connectivity index (χ1) is 25.1. The largest absolute Gasteiger partial charge is 0.289 e. The fourth-order valence-corrected chi connectivity index (χ4v) is 6.41. The van der Waals surface area contributed by atoms with E-state index < -0.39 is 0 Å². The first-order valence-electron chi connectivity index (χ1n) is 18.6. The Morgan fingerprint density at radius 3 is 1.20 bits per heavy atom. The van der Waals surface area contributed by atoms with E-state index in [0.717, 1.165) is 67.1 Å². The second-order valence-corrected chi connectivity index (χ2v) is 18.2. The van der Waals surface area contributed by atoms with Crippen LogP contribution in [0.15, 0.2) is 163 Å². The number of carbonyl (C=O) groups is 2. The molecule has 278 valence electrons. The van der Waals surface area contributed by atoms with Crippen molar-refractivity contribution in [2.24, 2.45) is 42.1 Å². The number of benzene rings is 3. The summed E-state index contributed by atoms with van der Waals surface area (Å²) in [6, 6.07) is 24.3. The Hall–Kier alpha value is -5.36. The van der Waals surface area contributed by atoms with E-state index in [1.54, 1.807) is 12.4 Å². The SMILES string of the molecule is CC(C)(C)C1=CC(=C/N=N/c2ccc(-c3ccc(/N=N/C=C4C=C(C(C)(C)C)C(=O)C(C(C)(C)C)=C4)cc3-c3ccccc3)cc2)C=C(C(C)(C)C)C1=O. The monoisotopic (exact) mass is 718 g/mol. The average molecular weight is 719 g/mol. The van der Waals surface area contributed by atoms with Crippen molar-refractivity contribution in [2.75, 3.05) is 0 Å². The Labute approximate surface area is 322 Å². The molecule has 0 N–H and O–H groups in total. The molecule has 0 heterocycles. The Balaban J connectivity index is 1.43. The number of hydrogen-bond acceptors (Lipinski definition) is 6. The van der Waals surface area contributed by atoms with Gasteiger partial charge < -0.3 is 0 Å². The molecule has 2 aliphatic rings. The molecule has 6 heteroatoms. The molecule has 54 heavy (non-hydrogen) atoms. The molecule has 3 aromatic carbocycles. The predicted octanol–water partition coefficient (Wildman–Crippen LogP) is 14.0. The lowest BCUT2D eigenvalue weighted by atomic mass is 9.72. The lowest BCUT2D eigenvalue weighted by Gasteiger charge is -2.31. The highest BCUT2D eigenvalue weighted by Crippen LogP contribution is 2.41. The van der Waals surface area contributed by atoms with Crippen molar-refractivity contribution in [1.82, 2.24) is 0 Å². The zero-order valence-electron chi connectivity index (χ0n) is 34.0. The highest BCUT2D eigenvalue weighted by molar-refractivity contribution is 6.12. The van der Waals surface area contributed by atoms with Crippen LogP contribution in [0.25, 0.3) is 22.3 Å². The molecule has 0 saturated carbocycles. The number of azo groups is 2. The lowest BCUT2D eigenvalue weighted by Crippen LogP contribution is -2.27. The smallest absolute Gasteiger partial charge is 0.186 e. The van der Waals surface area contributed by atoms with E-state index in [9.17, 15) is 9.59 Å². The third kappa shape index (κ3) is 9.40. The van der Waals surface area contributed by atoms with E-state index in [2.05, 4.69) is 128 Å². The van der Waals surface area contributed by atoms with E-state index in [1.165, 1.54) is 0 Å². The van der Waals surface area contributed by atoms with Gasteiger partial charge in [-0.25, -0.2) is 0 Å². The topological polar surface area (TPSA) is 83.6 Å². The molecular formula is C48H54N4O2. The van der Waals surface area contributed by atoms with E-state index in [-0.39, 0.29) is 33.2 Å². The van der Waals surface area contributed by atoms with Crippen LogP contribution in [0.2, 0.25) is 0 Å². The lowest BCUT2D eigenvalue weighted by molar-refractivity contribution is -0.114. The first kappa shape index (κ1) is 39.8. The fourth-order valence-electron chi connectivity index (χ4n) is 6.41. The summed E-state index contributed by atoms with van der Waals surface area (Å²) in [5.41, 5.74) is 9.28. The van der Waals surface area contributed by atoms with Crippen molar-refractivity contribution in [2.45, 2.75) is 83.1 Å². The van der Waals surface area contributed by atoms with Crippen molar-refractivity contribution in [1.29, 1.82) is 0 Å². The van der Waals surface area contributed by atoms with Crippen LogP contribution in [-0.2, 0) is 9.59 Å². The zero-order valence-corrected chi connectivity index (χ0v) is 34.0. The Bertz CT molecular complexity index is 2120. The quantitative estimate of drug-likeness (QED) is 0.238. The number of carbonyl (C=O) groups excluding carboxylic acids is 2. The summed E-state index contributed by atoms with van der Waals surface area (Å²) in [7, 11) is 0. The van der Waals surface area contributed by atoms with Gasteiger partial charge in [0.25, 0.3) is 0 Å². The highest BCUT2D eigenvalue weighted by atomic mass is 16.1. The van der Waals surface area contributed by atoms with Gasteiger partial charge >= 0.3 is 0 Å². The number of rotatable bonds is 6. The standard InChI is InChI=1S/C48H54N4O2/c1-45(2,3)39-24-31(25-40(43(39)53)46(4,5)6)29-49-51-35-20-18-34(19-21-35)37-23-22-36(28-38(37)33-16-14-13-15-17-33)52-50-30-32-26-41(47(7,8)9)44(54)42(27-32)48(10,11)12/h13-30H,1-12H3/b51-49+,52-50+. The molecular weight excluding hydrogens is 665 g/mol. The van der Waals surface area contributed by atoms with E-state index in [1.807, 2.05) is 72.8 Å². The van der Waals surface area contributed by atoms with Gasteiger partial charge in [-0.05, 0) is 104 Å². The van der Waals surface area contributed by atoms with Crippen molar-refractivity contribution < 1.29 is 9.59 Å². The van der Waals surface area contributed by atoms with Crippen LogP contribution in [-0.4, -0.2) is 11.6 Å². The number of Topliss-reactive ketones (excluding diaryl/α,β-unsaturated/α-hetero) is 2. The molecule has 6 nitrogen and oxygen atoms in total. The average Bonchev–Trinajstić information content (AvgIpc) is 3.08. The Morgan fingerprint density at radius 1 is 0.426 bits per heavy atom. The summed E-state index contributed by atoms with van der Waals surface area (Å²) in [5, 5.41) is 18.0. The Kier molecular flexibility index (Phi) is 11.2. The van der Waals surface area contributed by atoms with Gasteiger partial charge in [-0.3, -0.25) is 9.59 Å². The maximum Gasteiger partial charge on any atom is 0.186 e. The second kappa shape index (κ2) is 15.2. The van der Waals surface area contributed by atoms with Crippen molar-refractivity contribution >= 4 is 22.9 Å². The van der Waals surface area contributed by atoms with Crippen LogP contribution in [0.5, 0.6) is 0 Å². The molecule has 0 aromatic heterocycles. The predicted molar refractivity (Wildman–Crippen MR) is 223 cm³/mol. The summed E-state index contributed by atoms with van der Waals surface area (Å²) >= 11 is 0. The minimum Gasteiger partial charge on any atom is -0.289 e. The van der Waals surface area contributed by atoms with Gasteiger partial charge in [0, 0.05) is 22.3 Å². The summed E-state index contributed by atoms with van der Waals surface area (Å²) in [5.74, 6) is 0.193. The van der Waals surface area contributed by atoms with Crippen LogP contribution in [0, 0.1) is 21.7 Å². The van der Waals surface area contributed by atoms with Gasteiger partial charge in [-0.1, -0.05) is 132 Å². The number of ketones is 2. The maximum atomic E-state index is 13.3. The minimum absolute atomic E-state index is 0.0954. The van der Waals surface area contributed by atoms with Crippen LogP contribution in [0.3, 0.4) is 0 Å². The maximum absolute atomic E-state index is 13.3. The van der Waals surface area contributed by atoms with Crippen molar-refractivity contribution in [3.8, 4) is 22.3 Å². The number of allylic oxidation sites excluding steroid dienone is 10. The van der Waals surface area contributed by atoms with Crippen LogP contribution >= 0.6 is 0 Å². The van der Waals surface area contributed by atoms with Crippen molar-refractivity contribution in [3.63, 3.8) is 0 Å². The van der Waals surface area contributed by atoms with Crippen LogP contribution in [0.4, 0.5) is 11.4 Å². The van der Waals surface area contributed by atoms with Gasteiger partial charge in [-0.15, -0.1) is 0 Å². The Morgan fingerprint density at radius 2 is 0.796 bits per heavy atom. The summed E-state index contributed by atoms with van der Waals surface area (Å²) in [4.78, 5) is 26.6. The minimum atomic E-state index is -0.295. The van der Waals surface area contributed by atoms with E-state index in [4.69, 9.17) is 0 Å². The molecule has 0 saturated heterocycles.